The molecule has 1 saturated heterocycles. The van der Waals surface area contributed by atoms with E-state index < -0.39 is 0 Å². The summed E-state index contributed by atoms with van der Waals surface area (Å²) < 4.78 is 11.6. The number of carbonyl (C=O) groups excluding carboxylic acids is 2. The second-order valence-electron chi connectivity index (χ2n) is 7.35. The van der Waals surface area contributed by atoms with Crippen molar-refractivity contribution >= 4 is 23.2 Å². The highest BCUT2D eigenvalue weighted by atomic mass is 32.1. The van der Waals surface area contributed by atoms with Crippen molar-refractivity contribution in [1.82, 2.24) is 9.80 Å². The summed E-state index contributed by atoms with van der Waals surface area (Å²) in [6, 6.07) is 9.21. The number of hydrogen-bond acceptors (Lipinski definition) is 5. The zero-order valence-corrected chi connectivity index (χ0v) is 18.8. The van der Waals surface area contributed by atoms with Crippen LogP contribution in [0.1, 0.15) is 51.6 Å². The minimum absolute atomic E-state index is 0.0440. The van der Waals surface area contributed by atoms with Gasteiger partial charge in [0.2, 0.25) is 0 Å². The topological polar surface area (TPSA) is 59.1 Å². The molecule has 1 aliphatic heterocycles. The van der Waals surface area contributed by atoms with Crippen molar-refractivity contribution < 1.29 is 19.1 Å². The van der Waals surface area contributed by atoms with Crippen LogP contribution in [0.5, 0.6) is 11.5 Å². The first-order valence-corrected chi connectivity index (χ1v) is 11.4. The van der Waals surface area contributed by atoms with Gasteiger partial charge in [0.1, 0.15) is 0 Å². The summed E-state index contributed by atoms with van der Waals surface area (Å²) in [6.45, 7) is 9.39. The van der Waals surface area contributed by atoms with Gasteiger partial charge in [-0.1, -0.05) is 13.8 Å². The Bertz CT molecular complexity index is 872. The average Bonchev–Trinajstić information content (AvgIpc) is 3.21. The molecule has 0 saturated carbocycles. The summed E-state index contributed by atoms with van der Waals surface area (Å²) in [6.07, 6.45) is 1.78. The lowest BCUT2D eigenvalue weighted by molar-refractivity contribution is 0.0538. The fraction of sp³-hybridized carbons (Fsp3) is 0.478. The van der Waals surface area contributed by atoms with E-state index in [4.69, 9.17) is 9.47 Å². The Balaban J connectivity index is 1.64. The van der Waals surface area contributed by atoms with Crippen molar-refractivity contribution in [3.05, 3.63) is 45.6 Å². The number of aryl methyl sites for hydroxylation is 1. The molecule has 0 spiro atoms. The van der Waals surface area contributed by atoms with E-state index in [9.17, 15) is 9.59 Å². The third-order valence-electron chi connectivity index (χ3n) is 4.92. The Morgan fingerprint density at radius 1 is 0.867 bits per heavy atom. The Hall–Kier alpha value is -2.54. The van der Waals surface area contributed by atoms with Crippen LogP contribution in [-0.4, -0.2) is 61.0 Å². The van der Waals surface area contributed by atoms with Crippen molar-refractivity contribution in [2.45, 2.75) is 33.6 Å². The van der Waals surface area contributed by atoms with Crippen molar-refractivity contribution in [1.29, 1.82) is 0 Å². The first-order chi connectivity index (χ1) is 14.5. The number of benzene rings is 1. The van der Waals surface area contributed by atoms with Gasteiger partial charge in [0.15, 0.2) is 11.5 Å². The summed E-state index contributed by atoms with van der Waals surface area (Å²) in [5.74, 6) is 1.28. The number of rotatable bonds is 8. The molecule has 2 amide bonds. The third-order valence-corrected chi connectivity index (χ3v) is 5.91. The standard InChI is InChI=1S/C23H30N2O4S/c1-4-14-28-19-8-7-18(16-20(19)29-15-5-2)22(26)24-10-12-25(13-11-24)23(27)21-9-6-17(3)30-21/h6-9,16H,4-5,10-15H2,1-3H3. The third kappa shape index (κ3) is 5.33. The van der Waals surface area contributed by atoms with Crippen LogP contribution in [0.2, 0.25) is 0 Å². The monoisotopic (exact) mass is 430 g/mol. The molecule has 0 bridgehead atoms. The summed E-state index contributed by atoms with van der Waals surface area (Å²) in [4.78, 5) is 31.2. The fourth-order valence-electron chi connectivity index (χ4n) is 3.30. The van der Waals surface area contributed by atoms with Crippen LogP contribution in [0.3, 0.4) is 0 Å². The van der Waals surface area contributed by atoms with Gasteiger partial charge in [-0.15, -0.1) is 11.3 Å². The minimum atomic E-state index is -0.0440. The largest absolute Gasteiger partial charge is 0.490 e. The van der Waals surface area contributed by atoms with E-state index in [1.165, 1.54) is 11.3 Å². The second kappa shape index (κ2) is 10.5. The molecule has 0 unspecified atom stereocenters. The number of amides is 2. The van der Waals surface area contributed by atoms with Gasteiger partial charge in [-0.05, 0) is 50.1 Å². The summed E-state index contributed by atoms with van der Waals surface area (Å²) >= 11 is 1.51. The Labute approximate surface area is 182 Å². The van der Waals surface area contributed by atoms with Gasteiger partial charge >= 0.3 is 0 Å². The SMILES string of the molecule is CCCOc1ccc(C(=O)N2CCN(C(=O)c3ccc(C)s3)CC2)cc1OCCC. The second-order valence-corrected chi connectivity index (χ2v) is 8.64. The summed E-state index contributed by atoms with van der Waals surface area (Å²) in [7, 11) is 0. The average molecular weight is 431 g/mol. The smallest absolute Gasteiger partial charge is 0.264 e. The summed E-state index contributed by atoms with van der Waals surface area (Å²) in [5.41, 5.74) is 0.582. The van der Waals surface area contributed by atoms with Gasteiger partial charge in [0, 0.05) is 36.6 Å². The van der Waals surface area contributed by atoms with E-state index in [-0.39, 0.29) is 11.8 Å². The van der Waals surface area contributed by atoms with Crippen LogP contribution >= 0.6 is 11.3 Å². The predicted molar refractivity (Wildman–Crippen MR) is 119 cm³/mol. The molecule has 0 N–H and O–H groups in total. The highest BCUT2D eigenvalue weighted by molar-refractivity contribution is 7.13. The summed E-state index contributed by atoms with van der Waals surface area (Å²) in [5, 5.41) is 0. The molecular weight excluding hydrogens is 400 g/mol. The lowest BCUT2D eigenvalue weighted by Gasteiger charge is -2.34. The number of carbonyl (C=O) groups is 2. The molecule has 2 aromatic rings. The molecule has 7 heteroatoms. The Morgan fingerprint density at radius 2 is 1.47 bits per heavy atom. The highest BCUT2D eigenvalue weighted by Gasteiger charge is 2.26. The molecule has 1 aliphatic rings. The van der Waals surface area contributed by atoms with Crippen LogP contribution in [0, 0.1) is 6.92 Å². The molecule has 2 heterocycles. The lowest BCUT2D eigenvalue weighted by atomic mass is 10.1. The highest BCUT2D eigenvalue weighted by Crippen LogP contribution is 2.29. The molecule has 6 nitrogen and oxygen atoms in total. The van der Waals surface area contributed by atoms with E-state index in [1.54, 1.807) is 17.0 Å². The normalized spacial score (nSPS) is 14.0. The van der Waals surface area contributed by atoms with Crippen molar-refractivity contribution in [2.75, 3.05) is 39.4 Å². The molecule has 1 aromatic carbocycles. The number of ether oxygens (including phenoxy) is 2. The van der Waals surface area contributed by atoms with Crippen LogP contribution in [-0.2, 0) is 0 Å². The Kier molecular flexibility index (Phi) is 7.74. The van der Waals surface area contributed by atoms with Crippen molar-refractivity contribution in [3.63, 3.8) is 0 Å². The van der Waals surface area contributed by atoms with E-state index in [0.29, 0.717) is 56.5 Å². The quantitative estimate of drug-likeness (QED) is 0.629. The maximum Gasteiger partial charge on any atom is 0.264 e. The zero-order chi connectivity index (χ0) is 21.5. The number of piperazine rings is 1. The number of thiophene rings is 1. The Morgan fingerprint density at radius 3 is 2.03 bits per heavy atom. The van der Waals surface area contributed by atoms with Crippen molar-refractivity contribution in [2.24, 2.45) is 0 Å². The van der Waals surface area contributed by atoms with Crippen LogP contribution in [0.15, 0.2) is 30.3 Å². The van der Waals surface area contributed by atoms with Gasteiger partial charge in [0.25, 0.3) is 11.8 Å². The van der Waals surface area contributed by atoms with Gasteiger partial charge in [-0.2, -0.15) is 0 Å². The van der Waals surface area contributed by atoms with Crippen molar-refractivity contribution in [3.8, 4) is 11.5 Å². The van der Waals surface area contributed by atoms with Crippen LogP contribution < -0.4 is 9.47 Å². The first-order valence-electron chi connectivity index (χ1n) is 10.6. The molecule has 1 aromatic heterocycles. The van der Waals surface area contributed by atoms with Crippen LogP contribution in [0.4, 0.5) is 0 Å². The number of hydrogen-bond donors (Lipinski definition) is 0. The molecule has 0 radical (unpaired) electrons. The van der Waals surface area contributed by atoms with Gasteiger partial charge < -0.3 is 19.3 Å². The molecule has 30 heavy (non-hydrogen) atoms. The van der Waals surface area contributed by atoms with E-state index in [2.05, 4.69) is 6.92 Å². The van der Waals surface area contributed by atoms with E-state index in [0.717, 1.165) is 22.6 Å². The molecule has 3 rings (SSSR count). The maximum atomic E-state index is 13.0. The molecular formula is C23H30N2O4S. The van der Waals surface area contributed by atoms with Gasteiger partial charge in [-0.25, -0.2) is 0 Å². The van der Waals surface area contributed by atoms with Crippen LogP contribution in [0.25, 0.3) is 0 Å². The van der Waals surface area contributed by atoms with E-state index >= 15 is 0 Å². The molecule has 162 valence electrons. The first kappa shape index (κ1) is 22.2. The molecule has 0 aliphatic carbocycles. The zero-order valence-electron chi connectivity index (χ0n) is 18.0. The van der Waals surface area contributed by atoms with Gasteiger partial charge in [0.05, 0.1) is 18.1 Å². The predicted octanol–water partition coefficient (Wildman–Crippen LogP) is 4.23. The minimum Gasteiger partial charge on any atom is -0.490 e. The molecule has 1 fully saturated rings. The molecule has 0 atom stereocenters. The lowest BCUT2D eigenvalue weighted by Crippen LogP contribution is -2.50. The van der Waals surface area contributed by atoms with E-state index in [1.807, 2.05) is 36.9 Å². The number of nitrogens with zero attached hydrogens (tertiary/aromatic N) is 2. The van der Waals surface area contributed by atoms with Gasteiger partial charge in [-0.3, -0.25) is 9.59 Å². The maximum absolute atomic E-state index is 13.0. The fourth-order valence-corrected chi connectivity index (χ4v) is 4.13.